The lowest BCUT2D eigenvalue weighted by atomic mass is 9.91. The largest absolute Gasteiger partial charge is 0.205 e. The van der Waals surface area contributed by atoms with Crippen LogP contribution < -0.4 is 0 Å². The Bertz CT molecular complexity index is 887. The molecule has 0 spiro atoms. The summed E-state index contributed by atoms with van der Waals surface area (Å²) in [4.78, 5) is 0. The summed E-state index contributed by atoms with van der Waals surface area (Å²) < 4.78 is 32.3. The predicted octanol–water partition coefficient (Wildman–Crippen LogP) is 8.62. The maximum Gasteiger partial charge on any atom is 0.147 e. The van der Waals surface area contributed by atoms with Crippen LogP contribution in [0.4, 0.5) is 8.78 Å². The second-order valence-electron chi connectivity index (χ2n) is 5.79. The summed E-state index contributed by atoms with van der Waals surface area (Å²) in [5.41, 5.74) is 1.64. The highest BCUT2D eigenvalue weighted by Gasteiger charge is 2.27. The van der Waals surface area contributed by atoms with Crippen LogP contribution in [0.3, 0.4) is 0 Å². The van der Waals surface area contributed by atoms with E-state index in [1.807, 2.05) is 25.1 Å². The van der Waals surface area contributed by atoms with Crippen LogP contribution in [0.15, 0.2) is 54.3 Å². The molecule has 0 heterocycles. The van der Waals surface area contributed by atoms with Gasteiger partial charge in [-0.15, -0.1) is 0 Å². The third-order valence-electron chi connectivity index (χ3n) is 4.14. The zero-order valence-corrected chi connectivity index (χ0v) is 19.4. The van der Waals surface area contributed by atoms with E-state index in [9.17, 15) is 0 Å². The Hall–Kier alpha value is -0.300. The Kier molecular flexibility index (Phi) is 6.03. The van der Waals surface area contributed by atoms with Crippen LogP contribution in [0.1, 0.15) is 18.9 Å². The van der Waals surface area contributed by atoms with E-state index in [4.69, 9.17) is 0 Å². The van der Waals surface area contributed by atoms with Crippen LogP contribution in [-0.2, 0) is 0 Å². The van der Waals surface area contributed by atoms with Gasteiger partial charge in [-0.1, -0.05) is 69.1 Å². The molecule has 0 amide bonds. The summed E-state index contributed by atoms with van der Waals surface area (Å²) in [6.45, 7) is 2.04. The Morgan fingerprint density at radius 3 is 2.20 bits per heavy atom. The van der Waals surface area contributed by atoms with Gasteiger partial charge in [0.05, 0.1) is 8.95 Å². The fraction of sp³-hybridized carbons (Fsp3) is 0.158. The lowest BCUT2D eigenvalue weighted by molar-refractivity contribution is 0.588. The number of allylic oxidation sites excluding steroid dienone is 4. The molecule has 1 aliphatic rings. The number of hydrogen-bond donors (Lipinski definition) is 0. The Morgan fingerprint density at radius 2 is 1.52 bits per heavy atom. The monoisotopic (exact) mass is 594 g/mol. The molecule has 25 heavy (non-hydrogen) atoms. The molecular weight excluding hydrogens is 586 g/mol. The molecule has 0 saturated carbocycles. The van der Waals surface area contributed by atoms with Crippen molar-refractivity contribution in [3.63, 3.8) is 0 Å². The average molecular weight is 598 g/mol. The van der Waals surface area contributed by atoms with Gasteiger partial charge in [0.1, 0.15) is 11.6 Å². The van der Waals surface area contributed by atoms with Crippen LogP contribution in [0.25, 0.3) is 16.7 Å². The first-order valence-electron chi connectivity index (χ1n) is 7.52. The van der Waals surface area contributed by atoms with Crippen LogP contribution in [0.5, 0.6) is 0 Å². The molecule has 3 rings (SSSR count). The molecule has 0 bridgehead atoms. The van der Waals surface area contributed by atoms with Gasteiger partial charge >= 0.3 is 0 Å². The van der Waals surface area contributed by atoms with Crippen LogP contribution in [0.2, 0.25) is 0 Å². The average Bonchev–Trinajstić information content (AvgIpc) is 2.59. The molecular formula is C19H12Br4F2. The fourth-order valence-electron chi connectivity index (χ4n) is 2.81. The first-order valence-corrected chi connectivity index (χ1v) is 10.7. The highest BCUT2D eigenvalue weighted by atomic mass is 79.9. The van der Waals surface area contributed by atoms with Gasteiger partial charge < -0.3 is 0 Å². The SMILES string of the molecule is CC1CC=CC(c2c(F)c(Br)c(-c3ccccc3Br)c(F)c2Br)=C1Br. The molecule has 1 atom stereocenters. The number of rotatable bonds is 2. The second kappa shape index (κ2) is 7.75. The molecule has 0 radical (unpaired) electrons. The van der Waals surface area contributed by atoms with Crippen molar-refractivity contribution in [1.29, 1.82) is 0 Å². The zero-order valence-electron chi connectivity index (χ0n) is 13.0. The molecule has 1 unspecified atom stereocenters. The first-order chi connectivity index (χ1) is 11.8. The van der Waals surface area contributed by atoms with E-state index in [1.54, 1.807) is 18.2 Å². The molecule has 0 fully saturated rings. The van der Waals surface area contributed by atoms with Gasteiger partial charge in [-0.05, 0) is 55.8 Å². The molecule has 1 aliphatic carbocycles. The maximum atomic E-state index is 15.3. The minimum Gasteiger partial charge on any atom is -0.205 e. The van der Waals surface area contributed by atoms with Crippen molar-refractivity contribution in [3.8, 4) is 11.1 Å². The van der Waals surface area contributed by atoms with Gasteiger partial charge in [0.2, 0.25) is 0 Å². The topological polar surface area (TPSA) is 0 Å². The molecule has 2 aromatic rings. The molecule has 0 aliphatic heterocycles. The van der Waals surface area contributed by atoms with Crippen molar-refractivity contribution >= 4 is 69.3 Å². The number of hydrogen-bond acceptors (Lipinski definition) is 0. The number of halogens is 6. The van der Waals surface area contributed by atoms with Crippen molar-refractivity contribution < 1.29 is 8.78 Å². The van der Waals surface area contributed by atoms with Crippen LogP contribution in [0, 0.1) is 17.6 Å². The van der Waals surface area contributed by atoms with Crippen molar-refractivity contribution in [2.75, 3.05) is 0 Å². The van der Waals surface area contributed by atoms with Crippen molar-refractivity contribution in [3.05, 3.63) is 71.5 Å². The van der Waals surface area contributed by atoms with Crippen molar-refractivity contribution in [2.24, 2.45) is 5.92 Å². The minimum absolute atomic E-state index is 0.106. The maximum absolute atomic E-state index is 15.3. The zero-order chi connectivity index (χ0) is 18.3. The molecule has 130 valence electrons. The number of benzene rings is 2. The summed E-state index contributed by atoms with van der Waals surface area (Å²) in [5, 5.41) is 0. The van der Waals surface area contributed by atoms with Crippen molar-refractivity contribution in [2.45, 2.75) is 13.3 Å². The smallest absolute Gasteiger partial charge is 0.147 e. The molecule has 0 N–H and O–H groups in total. The van der Waals surface area contributed by atoms with Gasteiger partial charge in [-0.2, -0.15) is 0 Å². The first kappa shape index (κ1) is 19.5. The van der Waals surface area contributed by atoms with Gasteiger partial charge in [-0.25, -0.2) is 8.78 Å². The third-order valence-corrected chi connectivity index (χ3v) is 7.53. The quantitative estimate of drug-likeness (QED) is 0.304. The van der Waals surface area contributed by atoms with E-state index >= 15 is 8.78 Å². The Balaban J connectivity index is 2.32. The minimum atomic E-state index is -0.505. The lowest BCUT2D eigenvalue weighted by Gasteiger charge is -2.21. The standard InChI is InChI=1S/C19H12Br4F2/c1-9-5-4-7-11(15(9)21)14-17(23)18(24)13(16(22)19(14)25)10-6-2-3-8-12(10)20/h2-4,6-9H,5H2,1H3. The fourth-order valence-corrected chi connectivity index (χ4v) is 4.98. The summed E-state index contributed by atoms with van der Waals surface area (Å²) in [6, 6.07) is 7.16. The van der Waals surface area contributed by atoms with E-state index in [2.05, 4.69) is 63.7 Å². The van der Waals surface area contributed by atoms with Gasteiger partial charge in [-0.3, -0.25) is 0 Å². The van der Waals surface area contributed by atoms with Crippen LogP contribution in [-0.4, -0.2) is 0 Å². The summed E-state index contributed by atoms with van der Waals surface area (Å²) >= 11 is 13.5. The van der Waals surface area contributed by atoms with Gasteiger partial charge in [0.25, 0.3) is 0 Å². The third kappa shape index (κ3) is 3.47. The lowest BCUT2D eigenvalue weighted by Crippen LogP contribution is -2.05. The predicted molar refractivity (Wildman–Crippen MR) is 114 cm³/mol. The molecule has 2 aromatic carbocycles. The molecule has 6 heteroatoms. The highest BCUT2D eigenvalue weighted by molar-refractivity contribution is 9.12. The van der Waals surface area contributed by atoms with E-state index in [0.717, 1.165) is 10.9 Å². The molecule has 0 nitrogen and oxygen atoms in total. The summed E-state index contributed by atoms with van der Waals surface area (Å²) in [5.74, 6) is -0.782. The van der Waals surface area contributed by atoms with Gasteiger partial charge in [0.15, 0.2) is 0 Å². The summed E-state index contributed by atoms with van der Waals surface area (Å²) in [6.07, 6.45) is 4.67. The van der Waals surface area contributed by atoms with E-state index in [0.29, 0.717) is 15.6 Å². The van der Waals surface area contributed by atoms with E-state index in [1.165, 1.54) is 0 Å². The molecule has 0 aromatic heterocycles. The highest BCUT2D eigenvalue weighted by Crippen LogP contribution is 2.46. The molecule has 0 saturated heterocycles. The van der Waals surface area contributed by atoms with Crippen LogP contribution >= 0.6 is 63.7 Å². The van der Waals surface area contributed by atoms with E-state index in [-0.39, 0.29) is 26.0 Å². The second-order valence-corrected chi connectivity index (χ2v) is 9.08. The normalized spacial score (nSPS) is 17.3. The van der Waals surface area contributed by atoms with Crippen molar-refractivity contribution in [1.82, 2.24) is 0 Å². The van der Waals surface area contributed by atoms with Gasteiger partial charge in [0, 0.05) is 25.6 Å². The Morgan fingerprint density at radius 1 is 0.920 bits per heavy atom. The van der Waals surface area contributed by atoms with E-state index < -0.39 is 11.6 Å². The Labute approximate surface area is 178 Å². The summed E-state index contributed by atoms with van der Waals surface area (Å²) in [7, 11) is 0.